The Morgan fingerprint density at radius 1 is 0.536 bits per heavy atom. The van der Waals surface area contributed by atoms with E-state index >= 15 is 0 Å². The summed E-state index contributed by atoms with van der Waals surface area (Å²) in [6, 6.07) is -0.712. The molecule has 3 unspecified atom stereocenters. The highest BCUT2D eigenvalue weighted by Gasteiger charge is 2.24. The first-order chi connectivity index (χ1) is 27.5. The van der Waals surface area contributed by atoms with Gasteiger partial charge in [0, 0.05) is 6.42 Å². The zero-order valence-electron chi connectivity index (χ0n) is 36.8. The molecular weight excluding hydrogens is 695 g/mol. The van der Waals surface area contributed by atoms with Crippen molar-refractivity contribution in [3.05, 3.63) is 60.8 Å². The summed E-state index contributed by atoms with van der Waals surface area (Å²) in [5.74, 6) is -0.532. The number of amides is 1. The van der Waals surface area contributed by atoms with Gasteiger partial charge < -0.3 is 20.3 Å². The highest BCUT2D eigenvalue weighted by molar-refractivity contribution is 5.77. The van der Waals surface area contributed by atoms with E-state index in [9.17, 15) is 19.8 Å². The van der Waals surface area contributed by atoms with Gasteiger partial charge in [-0.05, 0) is 83.5 Å². The first kappa shape index (κ1) is 53.6. The Morgan fingerprint density at radius 3 is 1.54 bits per heavy atom. The number of unbranched alkanes of at least 4 members (excludes halogenated alkanes) is 19. The molecule has 0 aliphatic carbocycles. The number of allylic oxidation sites excluding steroid dienone is 10. The Balaban J connectivity index is 4.58. The normalized spacial score (nSPS) is 13.9. The van der Waals surface area contributed by atoms with Crippen LogP contribution in [0.25, 0.3) is 0 Å². The third-order valence-corrected chi connectivity index (χ3v) is 10.3. The first-order valence-corrected chi connectivity index (χ1v) is 23.5. The molecule has 0 saturated heterocycles. The minimum absolute atomic E-state index is 0.0519. The van der Waals surface area contributed by atoms with Crippen LogP contribution in [0.1, 0.15) is 220 Å². The van der Waals surface area contributed by atoms with E-state index < -0.39 is 18.2 Å². The molecule has 0 aromatic rings. The van der Waals surface area contributed by atoms with Gasteiger partial charge in [0.25, 0.3) is 0 Å². The fraction of sp³-hybridized carbons (Fsp3) is 0.760. The van der Waals surface area contributed by atoms with Crippen molar-refractivity contribution in [1.82, 2.24) is 5.32 Å². The Kier molecular flexibility index (Phi) is 41.8. The summed E-state index contributed by atoms with van der Waals surface area (Å²) in [6.07, 6.45) is 52.8. The lowest BCUT2D eigenvalue weighted by molar-refractivity contribution is -0.151. The third kappa shape index (κ3) is 38.4. The molecule has 0 rings (SSSR count). The second-order valence-electron chi connectivity index (χ2n) is 15.8. The van der Waals surface area contributed by atoms with Gasteiger partial charge in [-0.15, -0.1) is 0 Å². The Bertz CT molecular complexity index is 1010. The summed E-state index contributed by atoms with van der Waals surface area (Å²) < 4.78 is 5.87. The molecule has 3 atom stereocenters. The van der Waals surface area contributed by atoms with E-state index in [-0.39, 0.29) is 24.9 Å². The smallest absolute Gasteiger partial charge is 0.306 e. The first-order valence-electron chi connectivity index (χ1n) is 23.5. The van der Waals surface area contributed by atoms with Crippen molar-refractivity contribution in [1.29, 1.82) is 0 Å². The van der Waals surface area contributed by atoms with E-state index in [0.717, 1.165) is 103 Å². The maximum Gasteiger partial charge on any atom is 0.306 e. The maximum atomic E-state index is 13.1. The highest BCUT2D eigenvalue weighted by Crippen LogP contribution is 2.17. The molecule has 6 nitrogen and oxygen atoms in total. The molecule has 0 heterocycles. The standard InChI is InChI=1S/C50H89NO5/c1-4-7-10-13-16-19-21-23-24-25-26-28-31-34-37-40-43-50(55)56-46(41-38-35-32-29-18-15-12-9-6-3)44-49(54)51-47(45-52)48(53)42-39-36-33-30-27-22-20-17-14-11-8-5-2/h7,10,15-16,18-19,23-24,26,28,46-48,52-53H,4-6,8-9,11-14,17,20-22,25,27,29-45H2,1-3H3,(H,51,54)/b10-7+,18-15-,19-16+,24-23+,28-26+. The molecule has 6 heteroatoms. The second-order valence-corrected chi connectivity index (χ2v) is 15.8. The molecule has 0 aliphatic rings. The summed E-state index contributed by atoms with van der Waals surface area (Å²) in [6.45, 7) is 6.29. The molecule has 0 aliphatic heterocycles. The van der Waals surface area contributed by atoms with Crippen LogP contribution < -0.4 is 5.32 Å². The van der Waals surface area contributed by atoms with Gasteiger partial charge in [-0.2, -0.15) is 0 Å². The number of carbonyl (C=O) groups is 2. The van der Waals surface area contributed by atoms with Gasteiger partial charge in [-0.3, -0.25) is 9.59 Å². The predicted octanol–water partition coefficient (Wildman–Crippen LogP) is 13.7. The lowest BCUT2D eigenvalue weighted by atomic mass is 10.0. The number of carbonyl (C=O) groups excluding carboxylic acids is 2. The Labute approximate surface area is 346 Å². The van der Waals surface area contributed by atoms with Crippen molar-refractivity contribution in [3.8, 4) is 0 Å². The minimum Gasteiger partial charge on any atom is -0.462 e. The van der Waals surface area contributed by atoms with E-state index in [1.807, 2.05) is 0 Å². The largest absolute Gasteiger partial charge is 0.462 e. The van der Waals surface area contributed by atoms with Crippen LogP contribution in [0.2, 0.25) is 0 Å². The fourth-order valence-electron chi connectivity index (χ4n) is 6.75. The number of aliphatic hydroxyl groups excluding tert-OH is 2. The third-order valence-electron chi connectivity index (χ3n) is 10.3. The Morgan fingerprint density at radius 2 is 0.982 bits per heavy atom. The maximum absolute atomic E-state index is 13.1. The summed E-state index contributed by atoms with van der Waals surface area (Å²) in [5, 5.41) is 23.6. The number of nitrogens with one attached hydrogen (secondary N) is 1. The van der Waals surface area contributed by atoms with Crippen molar-refractivity contribution in [2.24, 2.45) is 0 Å². The van der Waals surface area contributed by atoms with E-state index in [1.165, 1.54) is 70.6 Å². The molecule has 0 aromatic carbocycles. The predicted molar refractivity (Wildman–Crippen MR) is 241 cm³/mol. The summed E-state index contributed by atoms with van der Waals surface area (Å²) in [4.78, 5) is 26.0. The molecule has 3 N–H and O–H groups in total. The highest BCUT2D eigenvalue weighted by atomic mass is 16.5. The number of hydrogen-bond donors (Lipinski definition) is 3. The van der Waals surface area contributed by atoms with Crippen LogP contribution in [0.3, 0.4) is 0 Å². The monoisotopic (exact) mass is 784 g/mol. The van der Waals surface area contributed by atoms with Crippen LogP contribution in [-0.4, -0.2) is 46.9 Å². The zero-order chi connectivity index (χ0) is 41.0. The molecule has 0 radical (unpaired) electrons. The molecule has 0 aromatic heterocycles. The number of rotatable bonds is 41. The summed E-state index contributed by atoms with van der Waals surface area (Å²) >= 11 is 0. The SMILES string of the molecule is CC/C=C/C/C=C/C/C=C/C/C=C/CCCCCC(=O)OC(CCCCC/C=C\CCCC)CC(=O)NC(CO)C(O)CCCCCCCCCCCCCC. The minimum atomic E-state index is -0.796. The second kappa shape index (κ2) is 43.7. The number of esters is 1. The van der Waals surface area contributed by atoms with E-state index in [0.29, 0.717) is 19.3 Å². The van der Waals surface area contributed by atoms with Gasteiger partial charge in [0.1, 0.15) is 6.10 Å². The number of ether oxygens (including phenoxy) is 1. The number of hydrogen-bond acceptors (Lipinski definition) is 5. The van der Waals surface area contributed by atoms with E-state index in [4.69, 9.17) is 4.74 Å². The van der Waals surface area contributed by atoms with Crippen molar-refractivity contribution in [2.45, 2.75) is 238 Å². The average Bonchev–Trinajstić information content (AvgIpc) is 3.19. The van der Waals surface area contributed by atoms with Crippen LogP contribution in [0, 0.1) is 0 Å². The van der Waals surface area contributed by atoms with E-state index in [1.54, 1.807) is 0 Å². The molecule has 0 spiro atoms. The van der Waals surface area contributed by atoms with Crippen molar-refractivity contribution in [3.63, 3.8) is 0 Å². The van der Waals surface area contributed by atoms with Gasteiger partial charge in [-0.1, -0.05) is 184 Å². The van der Waals surface area contributed by atoms with Crippen LogP contribution in [0.5, 0.6) is 0 Å². The molecular formula is C50H89NO5. The van der Waals surface area contributed by atoms with E-state index in [2.05, 4.69) is 86.8 Å². The Hall–Kier alpha value is -2.44. The van der Waals surface area contributed by atoms with Gasteiger partial charge in [0.05, 0.1) is 25.2 Å². The molecule has 324 valence electrons. The molecule has 0 fully saturated rings. The lowest BCUT2D eigenvalue weighted by Gasteiger charge is -2.24. The zero-order valence-corrected chi connectivity index (χ0v) is 36.8. The van der Waals surface area contributed by atoms with Crippen molar-refractivity contribution in [2.75, 3.05) is 6.61 Å². The molecule has 0 saturated carbocycles. The van der Waals surface area contributed by atoms with Gasteiger partial charge in [0.2, 0.25) is 5.91 Å². The average molecular weight is 784 g/mol. The van der Waals surface area contributed by atoms with Crippen LogP contribution >= 0.6 is 0 Å². The van der Waals surface area contributed by atoms with Crippen LogP contribution in [0.4, 0.5) is 0 Å². The topological polar surface area (TPSA) is 95.9 Å². The molecule has 56 heavy (non-hydrogen) atoms. The summed E-state index contributed by atoms with van der Waals surface area (Å²) in [5.41, 5.74) is 0. The summed E-state index contributed by atoms with van der Waals surface area (Å²) in [7, 11) is 0. The van der Waals surface area contributed by atoms with Crippen LogP contribution in [0.15, 0.2) is 60.8 Å². The van der Waals surface area contributed by atoms with Gasteiger partial charge >= 0.3 is 5.97 Å². The molecule has 1 amide bonds. The van der Waals surface area contributed by atoms with Crippen molar-refractivity contribution >= 4 is 11.9 Å². The number of aliphatic hydroxyl groups is 2. The van der Waals surface area contributed by atoms with Gasteiger partial charge in [0.15, 0.2) is 0 Å². The quantitative estimate of drug-likeness (QED) is 0.0326. The van der Waals surface area contributed by atoms with Gasteiger partial charge in [-0.25, -0.2) is 0 Å². The van der Waals surface area contributed by atoms with Crippen LogP contribution in [-0.2, 0) is 14.3 Å². The lowest BCUT2D eigenvalue weighted by Crippen LogP contribution is -2.46. The van der Waals surface area contributed by atoms with Crippen molar-refractivity contribution < 1.29 is 24.5 Å². The fourth-order valence-corrected chi connectivity index (χ4v) is 6.75. The molecule has 0 bridgehead atoms.